The van der Waals surface area contributed by atoms with Gasteiger partial charge in [0.2, 0.25) is 0 Å². The zero-order valence-corrected chi connectivity index (χ0v) is 9.22. The van der Waals surface area contributed by atoms with E-state index in [4.69, 9.17) is 22.2 Å². The third-order valence-corrected chi connectivity index (χ3v) is 3.92. The van der Waals surface area contributed by atoms with Gasteiger partial charge in [-0.1, -0.05) is 6.07 Å². The van der Waals surface area contributed by atoms with Crippen LogP contribution in [0.1, 0.15) is 20.7 Å². The van der Waals surface area contributed by atoms with Gasteiger partial charge in [0.1, 0.15) is 0 Å². The van der Waals surface area contributed by atoms with Gasteiger partial charge in [0.15, 0.2) is 0 Å². The Morgan fingerprint density at radius 1 is 1.07 bits per heavy atom. The zero-order chi connectivity index (χ0) is 10.3. The summed E-state index contributed by atoms with van der Waals surface area (Å²) in [4.78, 5) is 22.2. The molecule has 1 heterocycles. The van der Waals surface area contributed by atoms with Gasteiger partial charge in [-0.15, -0.1) is 22.2 Å². The topological polar surface area (TPSA) is 43.4 Å². The second kappa shape index (κ2) is 3.38. The number of benzene rings is 1. The van der Waals surface area contributed by atoms with E-state index in [1.807, 2.05) is 0 Å². The SMILES string of the molecule is O=C1OC(=O)c2cc([Si](Cl)Cl)ccc21. The van der Waals surface area contributed by atoms with Gasteiger partial charge in [-0.05, 0) is 17.3 Å². The van der Waals surface area contributed by atoms with Crippen LogP contribution in [-0.2, 0) is 4.74 Å². The highest BCUT2D eigenvalue weighted by Crippen LogP contribution is 2.18. The summed E-state index contributed by atoms with van der Waals surface area (Å²) in [6.07, 6.45) is 0. The molecule has 0 aromatic heterocycles. The van der Waals surface area contributed by atoms with Crippen LogP contribution < -0.4 is 5.19 Å². The van der Waals surface area contributed by atoms with Crippen molar-refractivity contribution < 1.29 is 14.3 Å². The number of hydrogen-bond acceptors (Lipinski definition) is 3. The van der Waals surface area contributed by atoms with Crippen LogP contribution in [0.25, 0.3) is 0 Å². The second-order valence-electron chi connectivity index (χ2n) is 2.70. The molecule has 0 N–H and O–H groups in total. The quantitative estimate of drug-likeness (QED) is 0.323. The Bertz CT molecular complexity index is 431. The van der Waals surface area contributed by atoms with Crippen molar-refractivity contribution in [2.45, 2.75) is 0 Å². The maximum Gasteiger partial charge on any atom is 0.346 e. The van der Waals surface area contributed by atoms with Gasteiger partial charge in [0.05, 0.1) is 11.1 Å². The summed E-state index contributed by atoms with van der Waals surface area (Å²) >= 11 is 11.4. The first-order chi connectivity index (χ1) is 6.59. The largest absolute Gasteiger partial charge is 0.386 e. The third-order valence-electron chi connectivity index (χ3n) is 1.86. The van der Waals surface area contributed by atoms with Crippen molar-refractivity contribution >= 4 is 46.7 Å². The summed E-state index contributed by atoms with van der Waals surface area (Å²) in [6, 6.07) is 4.65. The predicted molar refractivity (Wildman–Crippen MR) is 53.3 cm³/mol. The fourth-order valence-electron chi connectivity index (χ4n) is 1.20. The summed E-state index contributed by atoms with van der Waals surface area (Å²) in [5, 5.41) is 0.670. The van der Waals surface area contributed by atoms with E-state index < -0.39 is 19.4 Å². The molecule has 71 valence electrons. The van der Waals surface area contributed by atoms with Crippen molar-refractivity contribution in [1.29, 1.82) is 0 Å². The molecular formula is C8H3Cl2O3Si. The predicted octanol–water partition coefficient (Wildman–Crippen LogP) is 1.17. The average Bonchev–Trinajstić information content (AvgIpc) is 2.42. The van der Waals surface area contributed by atoms with Crippen LogP contribution in [0.2, 0.25) is 0 Å². The third kappa shape index (κ3) is 1.45. The summed E-state index contributed by atoms with van der Waals surface area (Å²) in [5.74, 6) is -1.25. The van der Waals surface area contributed by atoms with E-state index in [1.54, 1.807) is 6.07 Å². The van der Waals surface area contributed by atoms with E-state index in [-0.39, 0.29) is 11.1 Å². The van der Waals surface area contributed by atoms with Crippen LogP contribution in [0.3, 0.4) is 0 Å². The molecular weight excluding hydrogens is 243 g/mol. The number of cyclic esters (lactones) is 2. The molecule has 3 nitrogen and oxygen atoms in total. The molecule has 0 saturated carbocycles. The fourth-order valence-corrected chi connectivity index (χ4v) is 2.37. The van der Waals surface area contributed by atoms with Crippen molar-refractivity contribution in [2.24, 2.45) is 0 Å². The Labute approximate surface area is 90.6 Å². The highest BCUT2D eigenvalue weighted by Gasteiger charge is 2.30. The van der Waals surface area contributed by atoms with E-state index in [9.17, 15) is 9.59 Å². The van der Waals surface area contributed by atoms with Crippen molar-refractivity contribution in [3.8, 4) is 0 Å². The van der Waals surface area contributed by atoms with Crippen LogP contribution in [0.15, 0.2) is 18.2 Å². The summed E-state index contributed by atoms with van der Waals surface area (Å²) in [7, 11) is -1.65. The first kappa shape index (κ1) is 9.70. The molecule has 0 unspecified atom stereocenters. The van der Waals surface area contributed by atoms with E-state index in [0.717, 1.165) is 0 Å². The average molecular weight is 246 g/mol. The first-order valence-corrected chi connectivity index (χ1v) is 7.21. The highest BCUT2D eigenvalue weighted by atomic mass is 35.7. The number of hydrogen-bond donors (Lipinski definition) is 0. The number of fused-ring (bicyclic) bond motifs is 1. The molecule has 1 radical (unpaired) electrons. The molecule has 1 aliphatic rings. The van der Waals surface area contributed by atoms with Crippen LogP contribution in [0.5, 0.6) is 0 Å². The van der Waals surface area contributed by atoms with Crippen molar-refractivity contribution in [2.75, 3.05) is 0 Å². The number of rotatable bonds is 1. The van der Waals surface area contributed by atoms with Gasteiger partial charge in [-0.3, -0.25) is 0 Å². The highest BCUT2D eigenvalue weighted by molar-refractivity contribution is 7.39. The Balaban J connectivity index is 2.55. The lowest BCUT2D eigenvalue weighted by Gasteiger charge is -1.99. The lowest BCUT2D eigenvalue weighted by molar-refractivity contribution is 0.0444. The lowest BCUT2D eigenvalue weighted by Crippen LogP contribution is -2.19. The van der Waals surface area contributed by atoms with Crippen LogP contribution in [-0.4, -0.2) is 19.4 Å². The van der Waals surface area contributed by atoms with Crippen LogP contribution in [0.4, 0.5) is 0 Å². The molecule has 2 rings (SSSR count). The molecule has 1 aliphatic heterocycles. The van der Waals surface area contributed by atoms with E-state index in [2.05, 4.69) is 4.74 Å². The maximum atomic E-state index is 11.1. The molecule has 0 fully saturated rings. The molecule has 0 spiro atoms. The van der Waals surface area contributed by atoms with Gasteiger partial charge in [0, 0.05) is 0 Å². The van der Waals surface area contributed by atoms with Gasteiger partial charge >= 0.3 is 19.4 Å². The molecule has 14 heavy (non-hydrogen) atoms. The van der Waals surface area contributed by atoms with Gasteiger partial charge < -0.3 is 4.74 Å². The minimum atomic E-state index is -1.65. The number of esters is 2. The van der Waals surface area contributed by atoms with Gasteiger partial charge in [0.25, 0.3) is 0 Å². The van der Waals surface area contributed by atoms with Crippen molar-refractivity contribution in [3.05, 3.63) is 29.3 Å². The Morgan fingerprint density at radius 2 is 1.71 bits per heavy atom. The van der Waals surface area contributed by atoms with E-state index in [1.165, 1.54) is 12.1 Å². The molecule has 0 atom stereocenters. The Morgan fingerprint density at radius 3 is 2.36 bits per heavy atom. The van der Waals surface area contributed by atoms with E-state index >= 15 is 0 Å². The number of ether oxygens (including phenoxy) is 1. The number of carbonyl (C=O) groups is 2. The number of carbonyl (C=O) groups excluding carboxylic acids is 2. The fraction of sp³-hybridized carbons (Fsp3) is 0. The van der Waals surface area contributed by atoms with Crippen molar-refractivity contribution in [3.63, 3.8) is 0 Å². The molecule has 6 heteroatoms. The Kier molecular flexibility index (Phi) is 2.34. The van der Waals surface area contributed by atoms with Gasteiger partial charge in [-0.2, -0.15) is 0 Å². The Hall–Kier alpha value is -0.843. The van der Waals surface area contributed by atoms with Crippen LogP contribution >= 0.6 is 22.2 Å². The first-order valence-electron chi connectivity index (χ1n) is 3.68. The standard InChI is InChI=1S/C8H3Cl2O3Si/c9-14(10)4-1-2-5-6(3-4)8(12)13-7(5)11/h1-3H. The molecule has 1 aromatic rings. The number of halogens is 2. The molecule has 0 bridgehead atoms. The minimum absolute atomic E-state index is 0.247. The molecule has 1 aromatic carbocycles. The smallest absolute Gasteiger partial charge is 0.346 e. The molecule has 0 aliphatic carbocycles. The minimum Gasteiger partial charge on any atom is -0.386 e. The van der Waals surface area contributed by atoms with Gasteiger partial charge in [-0.25, -0.2) is 9.59 Å². The zero-order valence-electron chi connectivity index (χ0n) is 6.71. The summed E-state index contributed by atoms with van der Waals surface area (Å²) < 4.78 is 4.41. The summed E-state index contributed by atoms with van der Waals surface area (Å²) in [5.41, 5.74) is 0.520. The molecule has 0 saturated heterocycles. The summed E-state index contributed by atoms with van der Waals surface area (Å²) in [6.45, 7) is 0. The second-order valence-corrected chi connectivity index (χ2v) is 6.64. The van der Waals surface area contributed by atoms with E-state index in [0.29, 0.717) is 5.19 Å². The normalized spacial score (nSPS) is 14.5. The van der Waals surface area contributed by atoms with Crippen LogP contribution in [0, 0.1) is 0 Å². The lowest BCUT2D eigenvalue weighted by atomic mass is 10.1. The molecule has 0 amide bonds. The monoisotopic (exact) mass is 245 g/mol. The van der Waals surface area contributed by atoms with Crippen molar-refractivity contribution in [1.82, 2.24) is 0 Å². The maximum absolute atomic E-state index is 11.1.